The van der Waals surface area contributed by atoms with Crippen molar-refractivity contribution in [1.82, 2.24) is 16.0 Å². The Balaban J connectivity index is 1.51. The highest BCUT2D eigenvalue weighted by atomic mass is 19.3. The van der Waals surface area contributed by atoms with E-state index in [0.29, 0.717) is 49.9 Å². The average Bonchev–Trinajstić information content (AvgIpc) is 3.25. The number of hydrogen-bond donors (Lipinski definition) is 3. The molecule has 1 atom stereocenters. The third-order valence-corrected chi connectivity index (χ3v) is 5.00. The summed E-state index contributed by atoms with van der Waals surface area (Å²) in [6.07, 6.45) is 0.832. The number of aliphatic imine (C=N–C) groups is 1. The molecule has 1 unspecified atom stereocenters. The van der Waals surface area contributed by atoms with Gasteiger partial charge in [-0.15, -0.1) is 0 Å². The van der Waals surface area contributed by atoms with Crippen molar-refractivity contribution < 1.29 is 18.3 Å². The monoisotopic (exact) mass is 445 g/mol. The summed E-state index contributed by atoms with van der Waals surface area (Å²) >= 11 is 0. The number of para-hydroxylation sites is 2. The first-order chi connectivity index (χ1) is 15.6. The summed E-state index contributed by atoms with van der Waals surface area (Å²) in [5, 5.41) is 9.45. The minimum Gasteiger partial charge on any atom is -0.433 e. The number of ether oxygens (including phenoxy) is 1. The van der Waals surface area contributed by atoms with Gasteiger partial charge in [-0.25, -0.2) is 0 Å². The molecule has 0 spiro atoms. The Morgan fingerprint density at radius 1 is 1.16 bits per heavy atom. The van der Waals surface area contributed by atoms with Gasteiger partial charge in [0, 0.05) is 37.8 Å². The minimum absolute atomic E-state index is 0.103. The molecule has 0 aromatic heterocycles. The molecule has 1 aliphatic heterocycles. The van der Waals surface area contributed by atoms with Gasteiger partial charge in [0.05, 0.1) is 12.2 Å². The molecular weight excluding hydrogens is 416 g/mol. The molecule has 1 aliphatic rings. The maximum absolute atomic E-state index is 12.7. The standard InChI is InChI=1S/C23H29F2N5O2/c1-2-26-23(28-14-13-27-21(31)17-8-4-3-5-9-17)29-18-12-15-30(16-18)19-10-6-7-11-20(19)32-22(24)25/h3-11,18,22H,2,12-16H2,1H3,(H,27,31)(H2,26,28,29). The van der Waals surface area contributed by atoms with Crippen molar-refractivity contribution in [3.8, 4) is 5.75 Å². The van der Waals surface area contributed by atoms with Crippen molar-refractivity contribution in [3.63, 3.8) is 0 Å². The number of carbonyl (C=O) groups excluding carboxylic acids is 1. The normalized spacial score (nSPS) is 16.2. The third kappa shape index (κ3) is 6.83. The molecule has 1 saturated heterocycles. The van der Waals surface area contributed by atoms with Crippen molar-refractivity contribution >= 4 is 17.6 Å². The molecule has 1 amide bonds. The minimum atomic E-state index is -2.86. The second-order valence-electron chi connectivity index (χ2n) is 7.30. The quantitative estimate of drug-likeness (QED) is 0.314. The van der Waals surface area contributed by atoms with Crippen LogP contribution in [0.1, 0.15) is 23.7 Å². The van der Waals surface area contributed by atoms with Crippen LogP contribution in [0, 0.1) is 0 Å². The number of amides is 1. The van der Waals surface area contributed by atoms with Crippen molar-refractivity contribution in [2.75, 3.05) is 37.6 Å². The van der Waals surface area contributed by atoms with E-state index in [4.69, 9.17) is 0 Å². The number of halogens is 2. The number of nitrogens with one attached hydrogen (secondary N) is 3. The molecular formula is C23H29F2N5O2. The summed E-state index contributed by atoms with van der Waals surface area (Å²) in [5.41, 5.74) is 1.27. The Bertz CT molecular complexity index is 895. The van der Waals surface area contributed by atoms with Crippen LogP contribution in [0.2, 0.25) is 0 Å². The van der Waals surface area contributed by atoms with Gasteiger partial charge < -0.3 is 25.6 Å². The van der Waals surface area contributed by atoms with E-state index in [0.717, 1.165) is 6.42 Å². The van der Waals surface area contributed by atoms with Gasteiger partial charge in [-0.05, 0) is 37.6 Å². The lowest BCUT2D eigenvalue weighted by molar-refractivity contribution is -0.0495. The number of hydrogen-bond acceptors (Lipinski definition) is 4. The second-order valence-corrected chi connectivity index (χ2v) is 7.30. The Kier molecular flexibility index (Phi) is 8.65. The lowest BCUT2D eigenvalue weighted by Gasteiger charge is -2.22. The maximum atomic E-state index is 12.7. The summed E-state index contributed by atoms with van der Waals surface area (Å²) < 4.78 is 30.1. The number of carbonyl (C=O) groups is 1. The van der Waals surface area contributed by atoms with Gasteiger partial charge in [-0.1, -0.05) is 30.3 Å². The lowest BCUT2D eigenvalue weighted by Crippen LogP contribution is -2.45. The first-order valence-corrected chi connectivity index (χ1v) is 10.7. The summed E-state index contributed by atoms with van der Waals surface area (Å²) in [4.78, 5) is 18.7. The Morgan fingerprint density at radius 2 is 1.91 bits per heavy atom. The predicted molar refractivity (Wildman–Crippen MR) is 122 cm³/mol. The van der Waals surface area contributed by atoms with Gasteiger partial charge in [0.25, 0.3) is 5.91 Å². The first kappa shape index (κ1) is 23.3. The van der Waals surface area contributed by atoms with Gasteiger partial charge in [0.15, 0.2) is 5.96 Å². The molecule has 172 valence electrons. The van der Waals surface area contributed by atoms with E-state index in [-0.39, 0.29) is 17.7 Å². The highest BCUT2D eigenvalue weighted by molar-refractivity contribution is 5.94. The van der Waals surface area contributed by atoms with Crippen LogP contribution in [-0.4, -0.2) is 57.2 Å². The molecule has 7 nitrogen and oxygen atoms in total. The molecule has 1 heterocycles. The SMILES string of the molecule is CCNC(=NCCNC(=O)c1ccccc1)NC1CCN(c2ccccc2OC(F)F)C1. The van der Waals surface area contributed by atoms with Gasteiger partial charge in [0.2, 0.25) is 0 Å². The number of alkyl halides is 2. The van der Waals surface area contributed by atoms with Crippen LogP contribution in [0.15, 0.2) is 59.6 Å². The zero-order valence-corrected chi connectivity index (χ0v) is 18.1. The van der Waals surface area contributed by atoms with Gasteiger partial charge in [0.1, 0.15) is 5.75 Å². The number of benzene rings is 2. The third-order valence-electron chi connectivity index (χ3n) is 5.00. The molecule has 3 N–H and O–H groups in total. The smallest absolute Gasteiger partial charge is 0.387 e. The highest BCUT2D eigenvalue weighted by Gasteiger charge is 2.26. The molecule has 32 heavy (non-hydrogen) atoms. The van der Waals surface area contributed by atoms with Crippen molar-refractivity contribution in [2.24, 2.45) is 4.99 Å². The highest BCUT2D eigenvalue weighted by Crippen LogP contribution is 2.31. The molecule has 2 aromatic carbocycles. The van der Waals surface area contributed by atoms with E-state index in [2.05, 4.69) is 25.7 Å². The lowest BCUT2D eigenvalue weighted by atomic mass is 10.2. The molecule has 0 saturated carbocycles. The van der Waals surface area contributed by atoms with Gasteiger partial charge >= 0.3 is 6.61 Å². The second kappa shape index (κ2) is 11.9. The maximum Gasteiger partial charge on any atom is 0.387 e. The summed E-state index contributed by atoms with van der Waals surface area (Å²) in [6, 6.07) is 16.0. The van der Waals surface area contributed by atoms with Crippen molar-refractivity contribution in [2.45, 2.75) is 26.0 Å². The summed E-state index contributed by atoms with van der Waals surface area (Å²) in [6.45, 7) is 2.01. The molecule has 3 rings (SSSR count). The average molecular weight is 446 g/mol. The Labute approximate surface area is 186 Å². The zero-order chi connectivity index (χ0) is 22.8. The number of guanidine groups is 1. The number of nitrogens with zero attached hydrogens (tertiary/aromatic N) is 2. The first-order valence-electron chi connectivity index (χ1n) is 10.7. The van der Waals surface area contributed by atoms with E-state index < -0.39 is 6.61 Å². The molecule has 0 aliphatic carbocycles. The summed E-state index contributed by atoms with van der Waals surface area (Å²) in [7, 11) is 0. The van der Waals surface area contributed by atoms with Gasteiger partial charge in [-0.2, -0.15) is 8.78 Å². The van der Waals surface area contributed by atoms with E-state index in [9.17, 15) is 13.6 Å². The van der Waals surface area contributed by atoms with E-state index in [1.165, 1.54) is 0 Å². The number of rotatable bonds is 9. The van der Waals surface area contributed by atoms with E-state index >= 15 is 0 Å². The van der Waals surface area contributed by atoms with Crippen LogP contribution in [0.5, 0.6) is 5.75 Å². The van der Waals surface area contributed by atoms with Crippen LogP contribution in [0.3, 0.4) is 0 Å². The Morgan fingerprint density at radius 3 is 2.66 bits per heavy atom. The number of anilines is 1. The zero-order valence-electron chi connectivity index (χ0n) is 18.1. The Hall–Kier alpha value is -3.36. The summed E-state index contributed by atoms with van der Waals surface area (Å²) in [5.74, 6) is 0.707. The molecule has 9 heteroatoms. The van der Waals surface area contributed by atoms with Crippen molar-refractivity contribution in [3.05, 3.63) is 60.2 Å². The predicted octanol–water partition coefficient (Wildman–Crippen LogP) is 2.85. The largest absolute Gasteiger partial charge is 0.433 e. The molecule has 0 bridgehead atoms. The van der Waals surface area contributed by atoms with Crippen LogP contribution in [0.4, 0.5) is 14.5 Å². The molecule has 0 radical (unpaired) electrons. The molecule has 1 fully saturated rings. The van der Waals surface area contributed by atoms with Crippen molar-refractivity contribution in [1.29, 1.82) is 0 Å². The van der Waals surface area contributed by atoms with Crippen LogP contribution in [0.25, 0.3) is 0 Å². The fourth-order valence-corrected chi connectivity index (χ4v) is 3.55. The van der Waals surface area contributed by atoms with Gasteiger partial charge in [-0.3, -0.25) is 9.79 Å². The van der Waals surface area contributed by atoms with E-state index in [1.807, 2.05) is 36.1 Å². The van der Waals surface area contributed by atoms with Crippen LogP contribution in [-0.2, 0) is 0 Å². The fourth-order valence-electron chi connectivity index (χ4n) is 3.55. The van der Waals surface area contributed by atoms with Crippen LogP contribution >= 0.6 is 0 Å². The van der Waals surface area contributed by atoms with E-state index in [1.54, 1.807) is 30.3 Å². The van der Waals surface area contributed by atoms with Crippen LogP contribution < -0.4 is 25.6 Å². The molecule has 2 aromatic rings. The fraction of sp³-hybridized carbons (Fsp3) is 0.391. The topological polar surface area (TPSA) is 78.0 Å².